The van der Waals surface area contributed by atoms with Crippen LogP contribution in [-0.4, -0.2) is 49.3 Å². The van der Waals surface area contributed by atoms with E-state index in [4.69, 9.17) is 21.1 Å². The Morgan fingerprint density at radius 2 is 1.31 bits per heavy atom. The average Bonchev–Trinajstić information content (AvgIpc) is 2.90. The Morgan fingerprint density at radius 3 is 1.80 bits per heavy atom. The number of benzene rings is 2. The topological polar surface area (TPSA) is 107 Å². The first-order chi connectivity index (χ1) is 20.5. The van der Waals surface area contributed by atoms with E-state index < -0.39 is 37.8 Å². The van der Waals surface area contributed by atoms with Crippen LogP contribution < -0.4 is 0 Å². The van der Waals surface area contributed by atoms with E-state index in [1.165, 1.54) is 26.0 Å². The Bertz CT molecular complexity index is 1400. The quantitative estimate of drug-likeness (QED) is 0.124. The first kappa shape index (κ1) is 38.6. The number of carbonyl (C=O) groups excluding carboxylic acids is 2. The molecule has 2 aromatic carbocycles. The van der Waals surface area contributed by atoms with Gasteiger partial charge in [0, 0.05) is 0 Å². The van der Waals surface area contributed by atoms with Crippen molar-refractivity contribution in [1.82, 2.24) is 0 Å². The van der Waals surface area contributed by atoms with Crippen LogP contribution in [0, 0.1) is 12.3 Å². The van der Waals surface area contributed by atoms with Gasteiger partial charge in [-0.3, -0.25) is 9.59 Å². The lowest BCUT2D eigenvalue weighted by atomic mass is 9.78. The largest absolute Gasteiger partial charge is 0.507 e. The van der Waals surface area contributed by atoms with Crippen molar-refractivity contribution in [2.75, 3.05) is 19.0 Å². The van der Waals surface area contributed by atoms with Crippen molar-refractivity contribution in [3.8, 4) is 5.75 Å². The summed E-state index contributed by atoms with van der Waals surface area (Å²) >= 11 is 6.72. The third-order valence-electron chi connectivity index (χ3n) is 7.89. The Kier molecular flexibility index (Phi) is 12.8. The molecule has 9 heteroatoms. The van der Waals surface area contributed by atoms with Crippen LogP contribution >= 0.6 is 11.6 Å². The predicted molar refractivity (Wildman–Crippen MR) is 181 cm³/mol. The molecule has 2 aromatic rings. The number of hydrogen-bond donors (Lipinski definition) is 1. The number of aryl methyl sites for hydroxylation is 2. The number of esters is 2. The van der Waals surface area contributed by atoms with Crippen LogP contribution in [0.25, 0.3) is 0 Å². The summed E-state index contributed by atoms with van der Waals surface area (Å²) in [7, 11) is -3.92. The zero-order chi connectivity index (χ0) is 34.4. The molecule has 252 valence electrons. The van der Waals surface area contributed by atoms with Crippen molar-refractivity contribution < 1.29 is 32.6 Å². The number of sulfone groups is 1. The normalized spacial score (nSPS) is 15.2. The molecular formula is C36H53ClO7S. The highest BCUT2D eigenvalue weighted by molar-refractivity contribution is 7.91. The van der Waals surface area contributed by atoms with E-state index in [1.807, 2.05) is 26.0 Å². The number of halogens is 1. The highest BCUT2D eigenvalue weighted by atomic mass is 35.5. The molecule has 0 aliphatic rings. The van der Waals surface area contributed by atoms with Crippen LogP contribution in [-0.2, 0) is 46.2 Å². The van der Waals surface area contributed by atoms with Crippen LogP contribution in [0.4, 0.5) is 0 Å². The lowest BCUT2D eigenvalue weighted by Gasteiger charge is -2.33. The smallest absolute Gasteiger partial charge is 0.326 e. The van der Waals surface area contributed by atoms with Gasteiger partial charge in [-0.25, -0.2) is 8.42 Å². The van der Waals surface area contributed by atoms with Crippen molar-refractivity contribution in [3.05, 3.63) is 58.7 Å². The zero-order valence-electron chi connectivity index (χ0n) is 28.8. The minimum Gasteiger partial charge on any atom is -0.507 e. The van der Waals surface area contributed by atoms with Crippen LogP contribution in [0.15, 0.2) is 41.3 Å². The zero-order valence-corrected chi connectivity index (χ0v) is 30.4. The molecule has 0 saturated carbocycles. The van der Waals surface area contributed by atoms with Crippen LogP contribution in [0.3, 0.4) is 0 Å². The summed E-state index contributed by atoms with van der Waals surface area (Å²) in [5.74, 6) is -1.72. The average molecular weight is 665 g/mol. The van der Waals surface area contributed by atoms with E-state index in [2.05, 4.69) is 41.5 Å². The molecule has 0 saturated heterocycles. The number of unbranched alkanes of at least 4 members (excludes halogenated alkanes) is 1. The number of aromatic hydroxyl groups is 1. The summed E-state index contributed by atoms with van der Waals surface area (Å²) in [6.07, 6.45) is 2.24. The molecule has 0 bridgehead atoms. The second-order valence-corrected chi connectivity index (χ2v) is 17.6. The highest BCUT2D eigenvalue weighted by Gasteiger charge is 2.48. The van der Waals surface area contributed by atoms with E-state index >= 15 is 0 Å². The predicted octanol–water partition coefficient (Wildman–Crippen LogP) is 7.98. The van der Waals surface area contributed by atoms with Gasteiger partial charge < -0.3 is 14.6 Å². The molecule has 0 radical (unpaired) electrons. The number of phenolic OH excluding ortho intramolecular Hbond substituents is 1. The molecule has 0 aromatic heterocycles. The Morgan fingerprint density at radius 1 is 0.822 bits per heavy atom. The standard InChI is InChI=1S/C36H53ClO7S/c1-11-12-19-43-31(39)35(9,24-45(41,42)27-17-15-25(2)16-18-27)23-36(10,37)32(40)44-20-13-14-26-21-28(33(3,4)5)30(38)29(22-26)34(6,7)8/h15-18,21-22,38H,11-14,19-20,23-24H2,1-10H3. The molecule has 2 atom stereocenters. The van der Waals surface area contributed by atoms with E-state index in [0.717, 1.165) is 28.7 Å². The number of alkyl halides is 1. The molecule has 2 unspecified atom stereocenters. The molecule has 45 heavy (non-hydrogen) atoms. The lowest BCUT2D eigenvalue weighted by Crippen LogP contribution is -2.45. The molecule has 0 spiro atoms. The minimum absolute atomic E-state index is 0.0804. The molecule has 0 amide bonds. The molecular weight excluding hydrogens is 612 g/mol. The first-order valence-corrected chi connectivity index (χ1v) is 17.8. The summed E-state index contributed by atoms with van der Waals surface area (Å²) in [5, 5.41) is 11.0. The van der Waals surface area contributed by atoms with Gasteiger partial charge in [0.15, 0.2) is 9.84 Å². The second kappa shape index (κ2) is 14.9. The van der Waals surface area contributed by atoms with E-state index in [0.29, 0.717) is 25.0 Å². The molecule has 0 aliphatic heterocycles. The summed E-state index contributed by atoms with van der Waals surface area (Å²) in [5.41, 5.74) is 1.53. The SMILES string of the molecule is CCCCOC(=O)C(C)(CC(C)(Cl)C(=O)OCCCc1cc(C(C)(C)C)c(O)c(C(C)(C)C)c1)CS(=O)(=O)c1ccc(C)cc1. The number of carbonyl (C=O) groups is 2. The number of phenols is 1. The van der Waals surface area contributed by atoms with Crippen LogP contribution in [0.5, 0.6) is 5.75 Å². The summed E-state index contributed by atoms with van der Waals surface area (Å²) in [4.78, 5) is 25.0. The van der Waals surface area contributed by atoms with E-state index in [9.17, 15) is 23.1 Å². The molecule has 1 N–H and O–H groups in total. The van der Waals surface area contributed by atoms with Gasteiger partial charge in [-0.15, -0.1) is 11.6 Å². The van der Waals surface area contributed by atoms with Crippen molar-refractivity contribution in [1.29, 1.82) is 0 Å². The Hall–Kier alpha value is -2.58. The molecule has 7 nitrogen and oxygen atoms in total. The third-order valence-corrected chi connectivity index (χ3v) is 10.2. The van der Waals surface area contributed by atoms with Gasteiger partial charge in [0.2, 0.25) is 0 Å². The van der Waals surface area contributed by atoms with Gasteiger partial charge in [-0.05, 0) is 86.1 Å². The van der Waals surface area contributed by atoms with Gasteiger partial charge in [0.25, 0.3) is 0 Å². The van der Waals surface area contributed by atoms with Gasteiger partial charge >= 0.3 is 11.9 Å². The second-order valence-electron chi connectivity index (χ2n) is 14.8. The van der Waals surface area contributed by atoms with Gasteiger partial charge in [-0.2, -0.15) is 0 Å². The van der Waals surface area contributed by atoms with Crippen molar-refractivity contribution in [2.24, 2.45) is 5.41 Å². The molecule has 0 fully saturated rings. The first-order valence-electron chi connectivity index (χ1n) is 15.7. The lowest BCUT2D eigenvalue weighted by molar-refractivity contribution is -0.156. The van der Waals surface area contributed by atoms with Gasteiger partial charge in [-0.1, -0.05) is 84.7 Å². The maximum Gasteiger partial charge on any atom is 0.326 e. The molecule has 2 rings (SSSR count). The van der Waals surface area contributed by atoms with Gasteiger partial charge in [0.1, 0.15) is 10.6 Å². The van der Waals surface area contributed by atoms with E-state index in [-0.39, 0.29) is 35.4 Å². The summed E-state index contributed by atoms with van der Waals surface area (Å²) in [6, 6.07) is 10.4. The monoisotopic (exact) mass is 664 g/mol. The number of rotatable bonds is 14. The maximum absolute atomic E-state index is 13.4. The van der Waals surface area contributed by atoms with Crippen LogP contribution in [0.1, 0.15) is 110 Å². The Balaban J connectivity index is 2.20. The van der Waals surface area contributed by atoms with Gasteiger partial charge in [0.05, 0.1) is 29.3 Å². The maximum atomic E-state index is 13.4. The minimum atomic E-state index is -3.92. The highest BCUT2D eigenvalue weighted by Crippen LogP contribution is 2.40. The number of ether oxygens (including phenoxy) is 2. The van der Waals surface area contributed by atoms with Crippen molar-refractivity contribution >= 4 is 33.4 Å². The Labute approximate surface area is 276 Å². The fraction of sp³-hybridized carbons (Fsp3) is 0.611. The van der Waals surface area contributed by atoms with E-state index in [1.54, 1.807) is 12.1 Å². The third kappa shape index (κ3) is 10.7. The fourth-order valence-corrected chi connectivity index (χ4v) is 7.42. The summed E-state index contributed by atoms with van der Waals surface area (Å²) < 4.78 is 37.9. The van der Waals surface area contributed by atoms with Crippen molar-refractivity contribution in [3.63, 3.8) is 0 Å². The molecule has 0 aliphatic carbocycles. The molecule has 0 heterocycles. The number of hydrogen-bond acceptors (Lipinski definition) is 7. The summed E-state index contributed by atoms with van der Waals surface area (Å²) in [6.45, 7) is 19.3. The van der Waals surface area contributed by atoms with Crippen molar-refractivity contribution in [2.45, 2.75) is 122 Å². The van der Waals surface area contributed by atoms with Crippen LogP contribution in [0.2, 0.25) is 0 Å². The fourth-order valence-electron chi connectivity index (χ4n) is 5.29.